The molecule has 0 bridgehead atoms. The van der Waals surface area contributed by atoms with E-state index in [-0.39, 0.29) is 0 Å². The van der Waals surface area contributed by atoms with Gasteiger partial charge in [0.05, 0.1) is 7.11 Å². The maximum absolute atomic E-state index is 12.0. The Hall–Kier alpha value is -2.88. The Balaban J connectivity index is 1.92. The van der Waals surface area contributed by atoms with Crippen molar-refractivity contribution in [2.75, 3.05) is 7.11 Å². The van der Waals surface area contributed by atoms with Crippen molar-refractivity contribution in [1.82, 2.24) is 0 Å². The highest BCUT2D eigenvalue weighted by Gasteiger charge is 2.24. The van der Waals surface area contributed by atoms with E-state index in [0.717, 1.165) is 22.4 Å². The molecule has 4 heteroatoms. The number of ether oxygens (including phenoxy) is 2. The lowest BCUT2D eigenvalue weighted by Crippen LogP contribution is -2.05. The normalized spacial score (nSPS) is 15.6. The molecule has 0 aromatic heterocycles. The first-order chi connectivity index (χ1) is 10.7. The van der Waals surface area contributed by atoms with Gasteiger partial charge in [-0.25, -0.2) is 9.79 Å². The third-order valence-corrected chi connectivity index (χ3v) is 3.44. The number of nitrogens with zero attached hydrogens (tertiary/aromatic N) is 1. The average Bonchev–Trinajstić information content (AvgIpc) is 2.91. The fourth-order valence-electron chi connectivity index (χ4n) is 2.16. The van der Waals surface area contributed by atoms with Gasteiger partial charge in [0.2, 0.25) is 5.90 Å². The van der Waals surface area contributed by atoms with Crippen molar-refractivity contribution in [2.45, 2.75) is 6.92 Å². The summed E-state index contributed by atoms with van der Waals surface area (Å²) in [6.07, 6.45) is 1.74. The number of cyclic esters (lactones) is 1. The predicted octanol–water partition coefficient (Wildman–Crippen LogP) is 3.35. The van der Waals surface area contributed by atoms with Crippen molar-refractivity contribution in [1.29, 1.82) is 0 Å². The Morgan fingerprint density at radius 2 is 1.82 bits per heavy atom. The lowest BCUT2D eigenvalue weighted by molar-refractivity contribution is -0.129. The molecule has 0 saturated heterocycles. The zero-order valence-corrected chi connectivity index (χ0v) is 12.4. The number of aliphatic imine (C=N–C) groups is 1. The van der Waals surface area contributed by atoms with Crippen molar-refractivity contribution in [3.63, 3.8) is 0 Å². The van der Waals surface area contributed by atoms with Gasteiger partial charge in [0, 0.05) is 5.56 Å². The minimum atomic E-state index is -0.436. The zero-order chi connectivity index (χ0) is 15.5. The molecule has 0 amide bonds. The van der Waals surface area contributed by atoms with Crippen LogP contribution in [0.3, 0.4) is 0 Å². The summed E-state index contributed by atoms with van der Waals surface area (Å²) in [6.45, 7) is 1.99. The minimum absolute atomic E-state index is 0.306. The van der Waals surface area contributed by atoms with Gasteiger partial charge in [-0.1, -0.05) is 24.3 Å². The van der Waals surface area contributed by atoms with Crippen molar-refractivity contribution >= 4 is 17.9 Å². The van der Waals surface area contributed by atoms with Crippen molar-refractivity contribution < 1.29 is 14.3 Å². The molecule has 0 N–H and O–H groups in total. The Labute approximate surface area is 128 Å². The third-order valence-electron chi connectivity index (χ3n) is 3.44. The number of carbonyl (C=O) groups excluding carboxylic acids is 1. The molecule has 0 atom stereocenters. The second-order valence-corrected chi connectivity index (χ2v) is 4.92. The van der Waals surface area contributed by atoms with Gasteiger partial charge in [0.15, 0.2) is 5.70 Å². The van der Waals surface area contributed by atoms with Gasteiger partial charge in [-0.2, -0.15) is 0 Å². The Morgan fingerprint density at radius 3 is 2.50 bits per heavy atom. The number of methoxy groups -OCH3 is 1. The van der Waals surface area contributed by atoms with Crippen molar-refractivity contribution in [3.8, 4) is 5.75 Å². The highest BCUT2D eigenvalue weighted by molar-refractivity contribution is 6.12. The third kappa shape index (κ3) is 2.76. The summed E-state index contributed by atoms with van der Waals surface area (Å²) in [5.41, 5.74) is 3.08. The molecular formula is C18H15NO3. The molecule has 0 radical (unpaired) electrons. The second kappa shape index (κ2) is 5.85. The van der Waals surface area contributed by atoms with Crippen molar-refractivity contribution in [3.05, 3.63) is 70.9 Å². The smallest absolute Gasteiger partial charge is 0.363 e. The number of hydrogen-bond donors (Lipinski definition) is 0. The van der Waals surface area contributed by atoms with Crippen LogP contribution in [0.4, 0.5) is 0 Å². The van der Waals surface area contributed by atoms with Gasteiger partial charge >= 0.3 is 5.97 Å². The molecule has 3 rings (SSSR count). The fraction of sp³-hybridized carbons (Fsp3) is 0.111. The van der Waals surface area contributed by atoms with Gasteiger partial charge in [0.25, 0.3) is 0 Å². The van der Waals surface area contributed by atoms with E-state index >= 15 is 0 Å². The maximum Gasteiger partial charge on any atom is 0.363 e. The molecular weight excluding hydrogens is 278 g/mol. The number of esters is 1. The molecule has 1 aliphatic rings. The van der Waals surface area contributed by atoms with Crippen LogP contribution in [0.2, 0.25) is 0 Å². The summed E-state index contributed by atoms with van der Waals surface area (Å²) in [7, 11) is 1.60. The van der Waals surface area contributed by atoms with Crippen LogP contribution in [0.15, 0.2) is 59.2 Å². The zero-order valence-electron chi connectivity index (χ0n) is 12.4. The van der Waals surface area contributed by atoms with E-state index < -0.39 is 5.97 Å². The Morgan fingerprint density at radius 1 is 1.09 bits per heavy atom. The summed E-state index contributed by atoms with van der Waals surface area (Å²) < 4.78 is 10.4. The van der Waals surface area contributed by atoms with E-state index in [1.54, 1.807) is 25.3 Å². The quantitative estimate of drug-likeness (QED) is 0.644. The Kier molecular flexibility index (Phi) is 3.74. The monoisotopic (exact) mass is 293 g/mol. The largest absolute Gasteiger partial charge is 0.497 e. The minimum Gasteiger partial charge on any atom is -0.497 e. The maximum atomic E-state index is 12.0. The number of rotatable bonds is 3. The summed E-state index contributed by atoms with van der Waals surface area (Å²) in [5.74, 6) is 0.617. The summed E-state index contributed by atoms with van der Waals surface area (Å²) in [6, 6.07) is 15.0. The number of carbonyl (C=O) groups is 1. The topological polar surface area (TPSA) is 47.9 Å². The van der Waals surface area contributed by atoms with Crippen LogP contribution in [-0.4, -0.2) is 19.0 Å². The van der Waals surface area contributed by atoms with E-state index in [9.17, 15) is 4.79 Å². The molecule has 0 spiro atoms. The fourth-order valence-corrected chi connectivity index (χ4v) is 2.16. The van der Waals surface area contributed by atoms with Crippen LogP contribution in [0, 0.1) is 6.92 Å². The average molecular weight is 293 g/mol. The van der Waals surface area contributed by atoms with Crippen LogP contribution in [0.25, 0.3) is 6.08 Å². The highest BCUT2D eigenvalue weighted by Crippen LogP contribution is 2.21. The van der Waals surface area contributed by atoms with Gasteiger partial charge in [-0.05, 0) is 48.4 Å². The predicted molar refractivity (Wildman–Crippen MR) is 84.8 cm³/mol. The summed E-state index contributed by atoms with van der Waals surface area (Å²) >= 11 is 0. The van der Waals surface area contributed by atoms with Crippen LogP contribution in [0.1, 0.15) is 16.7 Å². The summed E-state index contributed by atoms with van der Waals surface area (Å²) in [5, 5.41) is 0. The Bertz CT molecular complexity index is 773. The first-order valence-electron chi connectivity index (χ1n) is 6.90. The van der Waals surface area contributed by atoms with E-state index in [0.29, 0.717) is 11.6 Å². The van der Waals surface area contributed by atoms with Crippen LogP contribution in [0.5, 0.6) is 5.75 Å². The molecule has 0 aliphatic carbocycles. The number of aryl methyl sites for hydroxylation is 1. The van der Waals surface area contributed by atoms with Gasteiger partial charge < -0.3 is 9.47 Å². The molecule has 2 aromatic rings. The van der Waals surface area contributed by atoms with Crippen LogP contribution >= 0.6 is 0 Å². The number of benzene rings is 2. The standard InChI is InChI=1S/C18H15NO3/c1-12-5-3-4-6-14(12)11-16-18(20)22-17(19-16)13-7-9-15(21-2)10-8-13/h3-11H,1-2H3. The lowest BCUT2D eigenvalue weighted by atomic mass is 10.1. The molecule has 4 nitrogen and oxygen atoms in total. The number of hydrogen-bond acceptors (Lipinski definition) is 4. The van der Waals surface area contributed by atoms with E-state index in [4.69, 9.17) is 9.47 Å². The van der Waals surface area contributed by atoms with E-state index in [2.05, 4.69) is 4.99 Å². The van der Waals surface area contributed by atoms with Crippen LogP contribution in [-0.2, 0) is 9.53 Å². The van der Waals surface area contributed by atoms with E-state index in [1.165, 1.54) is 0 Å². The molecule has 1 heterocycles. The summed E-state index contributed by atoms with van der Waals surface area (Å²) in [4.78, 5) is 16.3. The van der Waals surface area contributed by atoms with E-state index in [1.807, 2.05) is 43.3 Å². The lowest BCUT2D eigenvalue weighted by Gasteiger charge is -2.01. The van der Waals surface area contributed by atoms with Gasteiger partial charge in [0.1, 0.15) is 5.75 Å². The van der Waals surface area contributed by atoms with Crippen molar-refractivity contribution in [2.24, 2.45) is 4.99 Å². The molecule has 0 saturated carbocycles. The molecule has 110 valence electrons. The first-order valence-corrected chi connectivity index (χ1v) is 6.90. The molecule has 0 unspecified atom stereocenters. The van der Waals surface area contributed by atoms with Gasteiger partial charge in [-0.3, -0.25) is 0 Å². The second-order valence-electron chi connectivity index (χ2n) is 4.92. The molecule has 2 aromatic carbocycles. The highest BCUT2D eigenvalue weighted by atomic mass is 16.6. The molecule has 22 heavy (non-hydrogen) atoms. The first kappa shape index (κ1) is 14.1. The van der Waals surface area contributed by atoms with Gasteiger partial charge in [-0.15, -0.1) is 0 Å². The molecule has 0 fully saturated rings. The molecule has 1 aliphatic heterocycles. The SMILES string of the molecule is COc1ccc(C2=NC(=Cc3ccccc3C)C(=O)O2)cc1. The van der Waals surface area contributed by atoms with Crippen LogP contribution < -0.4 is 4.74 Å².